The summed E-state index contributed by atoms with van der Waals surface area (Å²) in [5, 5.41) is 9.15. The maximum atomic E-state index is 11.2. The average Bonchev–Trinajstić information content (AvgIpc) is 2.44. The molecule has 6 nitrogen and oxygen atoms in total. The molecule has 0 aliphatic heterocycles. The lowest BCUT2D eigenvalue weighted by Gasteiger charge is -2.24. The molecular weight excluding hydrogens is 278 g/mol. The summed E-state index contributed by atoms with van der Waals surface area (Å²) in [5.74, 6) is -0.950. The van der Waals surface area contributed by atoms with E-state index in [9.17, 15) is 4.79 Å². The number of hydrogen-bond acceptors (Lipinski definition) is 5. The Morgan fingerprint density at radius 2 is 1.85 bits per heavy atom. The van der Waals surface area contributed by atoms with Gasteiger partial charge in [-0.15, -0.1) is 0 Å². The fraction of sp³-hybridized carbons (Fsp3) is 0.462. The lowest BCUT2D eigenvalue weighted by molar-refractivity contribution is 0.0695. The lowest BCUT2D eigenvalue weighted by Crippen LogP contribution is -2.42. The van der Waals surface area contributed by atoms with Gasteiger partial charge in [0.2, 0.25) is 0 Å². The second kappa shape index (κ2) is 7.39. The topological polar surface area (TPSA) is 91.0 Å². The van der Waals surface area contributed by atoms with E-state index in [1.54, 1.807) is 33.5 Å². The van der Waals surface area contributed by atoms with Gasteiger partial charge in [-0.1, -0.05) is 0 Å². The lowest BCUT2D eigenvalue weighted by atomic mass is 10.0. The van der Waals surface area contributed by atoms with Crippen molar-refractivity contribution in [1.82, 2.24) is 0 Å². The molecular formula is C13H21NO5Si. The van der Waals surface area contributed by atoms with E-state index in [4.69, 9.17) is 24.1 Å². The van der Waals surface area contributed by atoms with Crippen LogP contribution < -0.4 is 5.73 Å². The van der Waals surface area contributed by atoms with Gasteiger partial charge in [-0.2, -0.15) is 0 Å². The van der Waals surface area contributed by atoms with E-state index in [1.165, 1.54) is 6.07 Å². The van der Waals surface area contributed by atoms with Gasteiger partial charge in [0.05, 0.1) is 5.56 Å². The van der Waals surface area contributed by atoms with Gasteiger partial charge in [0.15, 0.2) is 0 Å². The highest BCUT2D eigenvalue weighted by atomic mass is 28.4. The zero-order valence-electron chi connectivity index (χ0n) is 12.0. The number of aromatic carboxylic acids is 1. The van der Waals surface area contributed by atoms with Crippen molar-refractivity contribution in [3.63, 3.8) is 0 Å². The van der Waals surface area contributed by atoms with Crippen molar-refractivity contribution in [3.8, 4) is 0 Å². The first-order chi connectivity index (χ1) is 9.48. The third kappa shape index (κ3) is 4.04. The molecule has 0 aliphatic rings. The normalized spacial score (nSPS) is 11.6. The van der Waals surface area contributed by atoms with Crippen molar-refractivity contribution in [2.24, 2.45) is 0 Å². The number of nitrogen functional groups attached to an aromatic ring is 1. The van der Waals surface area contributed by atoms with Crippen LogP contribution in [0, 0.1) is 0 Å². The first-order valence-electron chi connectivity index (χ1n) is 6.25. The summed E-state index contributed by atoms with van der Waals surface area (Å²) in [4.78, 5) is 11.2. The van der Waals surface area contributed by atoms with Crippen LogP contribution >= 0.6 is 0 Å². The van der Waals surface area contributed by atoms with Crippen LogP contribution in [0.3, 0.4) is 0 Å². The van der Waals surface area contributed by atoms with Crippen LogP contribution in [0.25, 0.3) is 0 Å². The summed E-state index contributed by atoms with van der Waals surface area (Å²) in [6.07, 6.45) is 1.28. The fourth-order valence-corrected chi connectivity index (χ4v) is 3.80. The Hall–Kier alpha value is -1.41. The van der Waals surface area contributed by atoms with E-state index < -0.39 is 14.8 Å². The summed E-state index contributed by atoms with van der Waals surface area (Å²) in [7, 11) is 2.07. The molecule has 0 fully saturated rings. The molecule has 0 heterocycles. The number of hydrogen-bond donors (Lipinski definition) is 2. The second-order valence-electron chi connectivity index (χ2n) is 4.37. The molecule has 0 unspecified atom stereocenters. The largest absolute Gasteiger partial charge is 0.500 e. The molecule has 20 heavy (non-hydrogen) atoms. The van der Waals surface area contributed by atoms with Crippen LogP contribution in [0.4, 0.5) is 5.69 Å². The molecule has 3 N–H and O–H groups in total. The van der Waals surface area contributed by atoms with Crippen molar-refractivity contribution >= 4 is 20.5 Å². The van der Waals surface area contributed by atoms with E-state index in [0.29, 0.717) is 30.1 Å². The van der Waals surface area contributed by atoms with Gasteiger partial charge < -0.3 is 24.1 Å². The molecule has 7 heteroatoms. The summed E-state index contributed by atoms with van der Waals surface area (Å²) in [6, 6.07) is 5.43. The molecule has 112 valence electrons. The zero-order chi connectivity index (χ0) is 15.2. The third-order valence-electron chi connectivity index (χ3n) is 3.22. The molecule has 1 aromatic rings. The first-order valence-corrected chi connectivity index (χ1v) is 8.18. The van der Waals surface area contributed by atoms with Crippen LogP contribution in [0.1, 0.15) is 22.3 Å². The van der Waals surface area contributed by atoms with Crippen molar-refractivity contribution in [2.45, 2.75) is 18.9 Å². The maximum Gasteiger partial charge on any atom is 0.500 e. The molecule has 0 aliphatic carbocycles. The molecule has 0 amide bonds. The van der Waals surface area contributed by atoms with Gasteiger partial charge in [0.25, 0.3) is 0 Å². The number of rotatable bonds is 8. The number of anilines is 1. The highest BCUT2D eigenvalue weighted by molar-refractivity contribution is 6.60. The Labute approximate surface area is 119 Å². The minimum Gasteiger partial charge on any atom is -0.478 e. The molecule has 1 rings (SSSR count). The molecule has 0 bridgehead atoms. The quantitative estimate of drug-likeness (QED) is 0.561. The average molecular weight is 299 g/mol. The highest BCUT2D eigenvalue weighted by Gasteiger charge is 2.36. The zero-order valence-corrected chi connectivity index (χ0v) is 13.0. The fourth-order valence-electron chi connectivity index (χ4n) is 2.08. The number of carbonyl (C=O) groups is 1. The minimum atomic E-state index is -2.61. The maximum absolute atomic E-state index is 11.2. The number of carboxylic acids is 1. The Bertz CT molecular complexity index is 454. The predicted octanol–water partition coefficient (Wildman–Crippen LogP) is 1.78. The van der Waals surface area contributed by atoms with E-state index >= 15 is 0 Å². The standard InChI is InChI=1S/C13H21NO5Si/c1-17-20(18-2,19-3)8-4-5-10-9-11(14)6-7-12(10)13(15)16/h6-7,9H,4-5,8,14H2,1-3H3,(H,15,16). The summed E-state index contributed by atoms with van der Waals surface area (Å²) in [6.45, 7) is 0. The molecule has 0 radical (unpaired) electrons. The third-order valence-corrected chi connectivity index (χ3v) is 6.05. The Morgan fingerprint density at radius 3 is 2.35 bits per heavy atom. The second-order valence-corrected chi connectivity index (χ2v) is 7.46. The Morgan fingerprint density at radius 1 is 1.25 bits per heavy atom. The molecule has 0 saturated heterocycles. The molecule has 0 aromatic heterocycles. The molecule has 0 saturated carbocycles. The van der Waals surface area contributed by atoms with E-state index in [-0.39, 0.29) is 5.56 Å². The van der Waals surface area contributed by atoms with Gasteiger partial charge in [-0.3, -0.25) is 0 Å². The van der Waals surface area contributed by atoms with Crippen molar-refractivity contribution in [2.75, 3.05) is 27.1 Å². The summed E-state index contributed by atoms with van der Waals surface area (Å²) >= 11 is 0. The Kier molecular flexibility index (Phi) is 6.15. The van der Waals surface area contributed by atoms with Crippen LogP contribution in [-0.4, -0.2) is 41.2 Å². The first kappa shape index (κ1) is 16.6. The molecule has 0 spiro atoms. The van der Waals surface area contributed by atoms with Gasteiger partial charge in [0, 0.05) is 33.1 Å². The summed E-state index contributed by atoms with van der Waals surface area (Å²) in [5.41, 5.74) is 7.25. The van der Waals surface area contributed by atoms with Crippen LogP contribution in [0.5, 0.6) is 0 Å². The highest BCUT2D eigenvalue weighted by Crippen LogP contribution is 2.20. The van der Waals surface area contributed by atoms with Gasteiger partial charge in [-0.05, 0) is 36.6 Å². The number of aryl methyl sites for hydroxylation is 1. The van der Waals surface area contributed by atoms with Crippen molar-refractivity contribution in [3.05, 3.63) is 29.3 Å². The number of carboxylic acid groups (broad SMARTS) is 1. The van der Waals surface area contributed by atoms with Gasteiger partial charge >= 0.3 is 14.8 Å². The smallest absolute Gasteiger partial charge is 0.478 e. The van der Waals surface area contributed by atoms with Gasteiger partial charge in [-0.25, -0.2) is 4.79 Å². The molecule has 0 atom stereocenters. The van der Waals surface area contributed by atoms with Crippen LogP contribution in [0.15, 0.2) is 18.2 Å². The van der Waals surface area contributed by atoms with E-state index in [0.717, 1.165) is 0 Å². The van der Waals surface area contributed by atoms with Crippen LogP contribution in [-0.2, 0) is 19.7 Å². The number of nitrogens with two attached hydrogens (primary N) is 1. The predicted molar refractivity (Wildman–Crippen MR) is 77.7 cm³/mol. The van der Waals surface area contributed by atoms with E-state index in [1.807, 2.05) is 0 Å². The summed E-state index contributed by atoms with van der Waals surface area (Å²) < 4.78 is 16.0. The SMILES string of the molecule is CO[Si](CCCc1cc(N)ccc1C(=O)O)(OC)OC. The van der Waals surface area contributed by atoms with Crippen molar-refractivity contribution in [1.29, 1.82) is 0 Å². The monoisotopic (exact) mass is 299 g/mol. The minimum absolute atomic E-state index is 0.277. The van der Waals surface area contributed by atoms with Crippen molar-refractivity contribution < 1.29 is 23.2 Å². The van der Waals surface area contributed by atoms with Crippen LogP contribution in [0.2, 0.25) is 6.04 Å². The van der Waals surface area contributed by atoms with Gasteiger partial charge in [0.1, 0.15) is 0 Å². The van der Waals surface area contributed by atoms with E-state index in [2.05, 4.69) is 0 Å². The Balaban J connectivity index is 2.75. The molecule has 1 aromatic carbocycles. The number of benzene rings is 1.